The van der Waals surface area contributed by atoms with Crippen molar-refractivity contribution in [2.24, 2.45) is 0 Å². The van der Waals surface area contributed by atoms with E-state index in [1.165, 1.54) is 76.5 Å². The van der Waals surface area contributed by atoms with Crippen molar-refractivity contribution in [1.29, 1.82) is 0 Å². The Morgan fingerprint density at radius 1 is 0.325 bits per heavy atom. The van der Waals surface area contributed by atoms with Crippen LogP contribution in [0.2, 0.25) is 0 Å². The summed E-state index contributed by atoms with van der Waals surface area (Å²) in [5, 5.41) is 10.1. The summed E-state index contributed by atoms with van der Waals surface area (Å²) in [7, 11) is 0. The lowest BCUT2D eigenvalue weighted by atomic mass is 10.00. The van der Waals surface area contributed by atoms with Crippen molar-refractivity contribution in [2.45, 2.75) is 0 Å². The minimum Gasteiger partial charge on any atom is -0.307 e. The molecule has 9 rings (SSSR count). The zero-order valence-corrected chi connectivity index (χ0v) is 21.8. The first-order valence-corrected chi connectivity index (χ1v) is 13.8. The standard InChI is InChI=1S/C38H24N2/c1-2-13-26(14-3-1)39-34-20-10-8-18-30(34)32-22-23-33-31-19-9-11-21-35(31)40(38(33)37(32)39)36-24-25-12-4-5-15-27(25)28-16-6-7-17-29(28)36/h1-24H. The summed E-state index contributed by atoms with van der Waals surface area (Å²) >= 11 is 0. The lowest BCUT2D eigenvalue weighted by molar-refractivity contribution is 1.16. The molecule has 0 unspecified atom stereocenters. The van der Waals surface area contributed by atoms with E-state index in [1.807, 2.05) is 0 Å². The largest absolute Gasteiger partial charge is 0.307 e. The Morgan fingerprint density at radius 2 is 0.825 bits per heavy atom. The van der Waals surface area contributed by atoms with Gasteiger partial charge in [0.1, 0.15) is 0 Å². The Hall–Kier alpha value is -5.34. The van der Waals surface area contributed by atoms with Crippen molar-refractivity contribution >= 4 is 65.2 Å². The summed E-state index contributed by atoms with van der Waals surface area (Å²) in [5.41, 5.74) is 7.28. The average Bonchev–Trinajstić information content (AvgIpc) is 3.54. The molecule has 0 atom stereocenters. The summed E-state index contributed by atoms with van der Waals surface area (Å²) in [4.78, 5) is 0. The molecule has 9 aromatic rings. The minimum atomic E-state index is 1.17. The van der Waals surface area contributed by atoms with Crippen molar-refractivity contribution < 1.29 is 0 Å². The SMILES string of the molecule is c1ccc(-n2c3ccccc3c3ccc4c5ccccc5n(-c5cc6ccccc6c6ccccc56)c4c32)cc1. The number of benzene rings is 7. The lowest BCUT2D eigenvalue weighted by Crippen LogP contribution is -1.99. The van der Waals surface area contributed by atoms with E-state index < -0.39 is 0 Å². The molecule has 2 aromatic heterocycles. The highest BCUT2D eigenvalue weighted by Crippen LogP contribution is 2.43. The third-order valence-electron chi connectivity index (χ3n) is 8.47. The van der Waals surface area contributed by atoms with Gasteiger partial charge in [-0.1, -0.05) is 115 Å². The number of hydrogen-bond donors (Lipinski definition) is 0. The molecule has 0 saturated carbocycles. The van der Waals surface area contributed by atoms with Gasteiger partial charge in [0.05, 0.1) is 27.8 Å². The highest BCUT2D eigenvalue weighted by atomic mass is 15.0. The highest BCUT2D eigenvalue weighted by Gasteiger charge is 2.22. The number of para-hydroxylation sites is 3. The van der Waals surface area contributed by atoms with Crippen LogP contribution in [0.3, 0.4) is 0 Å². The van der Waals surface area contributed by atoms with E-state index in [1.54, 1.807) is 0 Å². The van der Waals surface area contributed by atoms with Crippen LogP contribution in [-0.4, -0.2) is 9.13 Å². The summed E-state index contributed by atoms with van der Waals surface area (Å²) in [6, 6.07) is 53.0. The topological polar surface area (TPSA) is 9.86 Å². The van der Waals surface area contributed by atoms with Gasteiger partial charge in [0.25, 0.3) is 0 Å². The summed E-state index contributed by atoms with van der Waals surface area (Å²) in [6.07, 6.45) is 0. The number of nitrogens with zero attached hydrogens (tertiary/aromatic N) is 2. The van der Waals surface area contributed by atoms with Crippen molar-refractivity contribution in [3.05, 3.63) is 146 Å². The molecule has 0 radical (unpaired) electrons. The normalized spacial score (nSPS) is 12.0. The summed E-state index contributed by atoms with van der Waals surface area (Å²) in [5.74, 6) is 0. The van der Waals surface area contributed by atoms with Crippen LogP contribution >= 0.6 is 0 Å². The van der Waals surface area contributed by atoms with Gasteiger partial charge in [-0.25, -0.2) is 0 Å². The minimum absolute atomic E-state index is 1.17. The maximum Gasteiger partial charge on any atom is 0.0789 e. The molecule has 0 aliphatic carbocycles. The van der Waals surface area contributed by atoms with E-state index in [9.17, 15) is 0 Å². The van der Waals surface area contributed by atoms with Gasteiger partial charge in [0.2, 0.25) is 0 Å². The molecule has 0 saturated heterocycles. The first-order valence-electron chi connectivity index (χ1n) is 13.8. The van der Waals surface area contributed by atoms with Gasteiger partial charge in [-0.2, -0.15) is 0 Å². The molecule has 40 heavy (non-hydrogen) atoms. The Kier molecular flexibility index (Phi) is 4.36. The van der Waals surface area contributed by atoms with Crippen LogP contribution in [0, 0.1) is 0 Å². The molecule has 7 aromatic carbocycles. The molecule has 2 heteroatoms. The third-order valence-corrected chi connectivity index (χ3v) is 8.47. The van der Waals surface area contributed by atoms with Gasteiger partial charge in [0.15, 0.2) is 0 Å². The molecule has 0 bridgehead atoms. The molecular formula is C38H24N2. The maximum absolute atomic E-state index is 2.51. The number of rotatable bonds is 2. The summed E-state index contributed by atoms with van der Waals surface area (Å²) in [6.45, 7) is 0. The second-order valence-corrected chi connectivity index (χ2v) is 10.6. The molecule has 0 aliphatic heterocycles. The molecule has 0 amide bonds. The third kappa shape index (κ3) is 2.82. The highest BCUT2D eigenvalue weighted by molar-refractivity contribution is 6.24. The zero-order valence-electron chi connectivity index (χ0n) is 21.8. The number of aromatic nitrogens is 2. The van der Waals surface area contributed by atoms with Crippen molar-refractivity contribution in [1.82, 2.24) is 9.13 Å². The summed E-state index contributed by atoms with van der Waals surface area (Å²) < 4.78 is 4.96. The Bertz CT molecular complexity index is 2420. The number of fused-ring (bicyclic) bond motifs is 10. The second kappa shape index (κ2) is 8.08. The van der Waals surface area contributed by atoms with Crippen LogP contribution in [0.5, 0.6) is 0 Å². The molecule has 0 spiro atoms. The Morgan fingerprint density at radius 3 is 1.52 bits per heavy atom. The molecule has 0 N–H and O–H groups in total. The fraction of sp³-hybridized carbons (Fsp3) is 0. The lowest BCUT2D eigenvalue weighted by Gasteiger charge is -2.16. The van der Waals surface area contributed by atoms with Gasteiger partial charge in [-0.3, -0.25) is 0 Å². The Labute approximate surface area is 230 Å². The van der Waals surface area contributed by atoms with Crippen LogP contribution in [0.25, 0.3) is 76.5 Å². The van der Waals surface area contributed by atoms with Crippen LogP contribution in [0.15, 0.2) is 146 Å². The van der Waals surface area contributed by atoms with Gasteiger partial charge in [-0.15, -0.1) is 0 Å². The van der Waals surface area contributed by atoms with Crippen molar-refractivity contribution in [2.75, 3.05) is 0 Å². The van der Waals surface area contributed by atoms with Gasteiger partial charge in [0, 0.05) is 32.6 Å². The molecule has 0 aliphatic rings. The van der Waals surface area contributed by atoms with E-state index in [0.29, 0.717) is 0 Å². The first kappa shape index (κ1) is 21.6. The molecule has 0 fully saturated rings. The van der Waals surface area contributed by atoms with E-state index >= 15 is 0 Å². The average molecular weight is 509 g/mol. The monoisotopic (exact) mass is 508 g/mol. The van der Waals surface area contributed by atoms with E-state index in [2.05, 4.69) is 155 Å². The zero-order chi connectivity index (χ0) is 26.2. The van der Waals surface area contributed by atoms with Crippen molar-refractivity contribution in [3.8, 4) is 11.4 Å². The molecular weight excluding hydrogens is 484 g/mol. The fourth-order valence-corrected chi connectivity index (χ4v) is 6.82. The Balaban J connectivity index is 1.58. The predicted molar refractivity (Wildman–Crippen MR) is 170 cm³/mol. The molecule has 186 valence electrons. The van der Waals surface area contributed by atoms with Gasteiger partial charge in [-0.05, 0) is 46.5 Å². The number of hydrogen-bond acceptors (Lipinski definition) is 0. The van der Waals surface area contributed by atoms with Gasteiger partial charge >= 0.3 is 0 Å². The smallest absolute Gasteiger partial charge is 0.0789 e. The van der Waals surface area contributed by atoms with E-state index in [4.69, 9.17) is 0 Å². The van der Waals surface area contributed by atoms with Crippen LogP contribution in [-0.2, 0) is 0 Å². The van der Waals surface area contributed by atoms with E-state index in [-0.39, 0.29) is 0 Å². The van der Waals surface area contributed by atoms with E-state index in [0.717, 1.165) is 0 Å². The molecule has 2 nitrogen and oxygen atoms in total. The second-order valence-electron chi connectivity index (χ2n) is 10.6. The quantitative estimate of drug-likeness (QED) is 0.206. The van der Waals surface area contributed by atoms with Gasteiger partial charge < -0.3 is 9.13 Å². The first-order chi connectivity index (χ1) is 19.9. The van der Waals surface area contributed by atoms with Crippen molar-refractivity contribution in [3.63, 3.8) is 0 Å². The fourth-order valence-electron chi connectivity index (χ4n) is 6.82. The maximum atomic E-state index is 2.51. The van der Waals surface area contributed by atoms with Crippen LogP contribution < -0.4 is 0 Å². The molecule has 2 heterocycles. The predicted octanol–water partition coefficient (Wildman–Crippen LogP) is 10.2. The van der Waals surface area contributed by atoms with Crippen LogP contribution in [0.4, 0.5) is 0 Å². The van der Waals surface area contributed by atoms with Crippen LogP contribution in [0.1, 0.15) is 0 Å².